The van der Waals surface area contributed by atoms with Crippen LogP contribution in [-0.2, 0) is 4.74 Å². The molecule has 0 aliphatic rings. The van der Waals surface area contributed by atoms with E-state index in [0.29, 0.717) is 12.3 Å². The van der Waals surface area contributed by atoms with Gasteiger partial charge in [-0.1, -0.05) is 0 Å². The summed E-state index contributed by atoms with van der Waals surface area (Å²) in [6, 6.07) is 4.05. The van der Waals surface area contributed by atoms with E-state index in [2.05, 4.69) is 4.98 Å². The Labute approximate surface area is 110 Å². The third kappa shape index (κ3) is 2.18. The molecule has 2 aromatic rings. The molecule has 0 atom stereocenters. The fourth-order valence-electron chi connectivity index (χ4n) is 1.89. The molecule has 0 radical (unpaired) electrons. The van der Waals surface area contributed by atoms with Gasteiger partial charge in [0.1, 0.15) is 5.00 Å². The van der Waals surface area contributed by atoms with Crippen molar-refractivity contribution >= 4 is 17.3 Å². The van der Waals surface area contributed by atoms with E-state index in [1.165, 1.54) is 11.3 Å². The quantitative estimate of drug-likeness (QED) is 0.800. The van der Waals surface area contributed by atoms with E-state index in [1.807, 2.05) is 37.5 Å². The number of esters is 1. The van der Waals surface area contributed by atoms with Gasteiger partial charge in [-0.05, 0) is 39.8 Å². The summed E-state index contributed by atoms with van der Waals surface area (Å²) in [6.07, 6.45) is 0. The molecule has 18 heavy (non-hydrogen) atoms. The normalized spacial score (nSPS) is 10.7. The van der Waals surface area contributed by atoms with Gasteiger partial charge in [0.15, 0.2) is 5.69 Å². The maximum Gasteiger partial charge on any atom is 0.360 e. The second-order valence-corrected chi connectivity index (χ2v) is 5.24. The minimum absolute atomic E-state index is 0.357. The Bertz CT molecular complexity index is 564. The molecule has 0 bridgehead atoms. The number of hydrogen-bond donors (Lipinski definition) is 0. The molecule has 0 aliphatic carbocycles. The van der Waals surface area contributed by atoms with Crippen LogP contribution in [0.1, 0.15) is 33.8 Å². The summed E-state index contributed by atoms with van der Waals surface area (Å²) < 4.78 is 7.09. The zero-order valence-electron chi connectivity index (χ0n) is 11.0. The first-order valence-electron chi connectivity index (χ1n) is 5.84. The molecule has 2 rings (SSSR count). The molecular weight excluding hydrogens is 248 g/mol. The Hall–Kier alpha value is -1.62. The van der Waals surface area contributed by atoms with Crippen molar-refractivity contribution in [3.05, 3.63) is 34.2 Å². The topological polar surface area (TPSA) is 44.1 Å². The van der Waals surface area contributed by atoms with E-state index in [4.69, 9.17) is 4.74 Å². The number of hydrogen-bond acceptors (Lipinski definition) is 4. The molecule has 0 saturated heterocycles. The molecule has 0 aliphatic heterocycles. The number of nitrogens with zero attached hydrogens (tertiary/aromatic N) is 2. The van der Waals surface area contributed by atoms with Gasteiger partial charge in [-0.15, -0.1) is 11.3 Å². The van der Waals surface area contributed by atoms with E-state index in [-0.39, 0.29) is 5.97 Å². The molecule has 0 unspecified atom stereocenters. The van der Waals surface area contributed by atoms with Gasteiger partial charge >= 0.3 is 5.97 Å². The summed E-state index contributed by atoms with van der Waals surface area (Å²) >= 11 is 1.51. The second kappa shape index (κ2) is 4.94. The van der Waals surface area contributed by atoms with Gasteiger partial charge in [-0.3, -0.25) is 0 Å². The lowest BCUT2D eigenvalue weighted by atomic mass is 10.4. The highest BCUT2D eigenvalue weighted by Crippen LogP contribution is 2.27. The van der Waals surface area contributed by atoms with Gasteiger partial charge in [0.25, 0.3) is 0 Å². The molecule has 0 amide bonds. The zero-order valence-corrected chi connectivity index (χ0v) is 11.8. The lowest BCUT2D eigenvalue weighted by molar-refractivity contribution is 0.0520. The predicted molar refractivity (Wildman–Crippen MR) is 71.6 cm³/mol. The molecule has 96 valence electrons. The first-order chi connectivity index (χ1) is 8.54. The van der Waals surface area contributed by atoms with Crippen molar-refractivity contribution in [3.63, 3.8) is 0 Å². The van der Waals surface area contributed by atoms with Crippen LogP contribution in [0.15, 0.2) is 12.1 Å². The Morgan fingerprint density at radius 1 is 1.33 bits per heavy atom. The van der Waals surface area contributed by atoms with Crippen molar-refractivity contribution in [1.82, 2.24) is 9.55 Å². The van der Waals surface area contributed by atoms with Gasteiger partial charge in [0.2, 0.25) is 0 Å². The molecular formula is C13H16N2O2S. The van der Waals surface area contributed by atoms with E-state index < -0.39 is 0 Å². The number of carbonyl (C=O) groups excluding carboxylic acids is 1. The molecule has 2 heterocycles. The van der Waals surface area contributed by atoms with Gasteiger partial charge in [-0.2, -0.15) is 0 Å². The predicted octanol–water partition coefficient (Wildman–Crippen LogP) is 3.04. The van der Waals surface area contributed by atoms with Crippen LogP contribution in [0.25, 0.3) is 5.00 Å². The molecule has 4 nitrogen and oxygen atoms in total. The van der Waals surface area contributed by atoms with E-state index in [9.17, 15) is 4.79 Å². The maximum absolute atomic E-state index is 11.9. The third-order valence-electron chi connectivity index (χ3n) is 2.66. The fourth-order valence-corrected chi connectivity index (χ4v) is 2.91. The second-order valence-electron chi connectivity index (χ2n) is 4.06. The van der Waals surface area contributed by atoms with Crippen LogP contribution >= 0.6 is 11.3 Å². The van der Waals surface area contributed by atoms with E-state index >= 15 is 0 Å². The minimum Gasteiger partial charge on any atom is -0.461 e. The highest BCUT2D eigenvalue weighted by Gasteiger charge is 2.21. The molecule has 0 fully saturated rings. The first kappa shape index (κ1) is 12.8. The van der Waals surface area contributed by atoms with Gasteiger partial charge < -0.3 is 9.30 Å². The number of aromatic nitrogens is 2. The number of aryl methyl sites for hydroxylation is 3. The average molecular weight is 264 g/mol. The number of ether oxygens (including phenoxy) is 1. The summed E-state index contributed by atoms with van der Waals surface area (Å²) in [5.74, 6) is -0.357. The minimum atomic E-state index is -0.357. The Balaban J connectivity index is 2.55. The maximum atomic E-state index is 11.9. The van der Waals surface area contributed by atoms with Crippen molar-refractivity contribution in [2.24, 2.45) is 0 Å². The standard InChI is InChI=1S/C13H16N2O2S/c1-5-17-13(16)11-12(18-10(4)14-11)15-8(2)6-7-9(15)3/h6-7H,5H2,1-4H3. The number of thiazole rings is 1. The van der Waals surface area contributed by atoms with Crippen LogP contribution in [-0.4, -0.2) is 22.1 Å². The van der Waals surface area contributed by atoms with E-state index in [1.54, 1.807) is 6.92 Å². The average Bonchev–Trinajstić information content (AvgIpc) is 2.83. The van der Waals surface area contributed by atoms with Crippen LogP contribution in [0.3, 0.4) is 0 Å². The molecule has 5 heteroatoms. The van der Waals surface area contributed by atoms with Crippen LogP contribution in [0, 0.1) is 20.8 Å². The highest BCUT2D eigenvalue weighted by molar-refractivity contribution is 7.14. The van der Waals surface area contributed by atoms with E-state index in [0.717, 1.165) is 21.4 Å². The van der Waals surface area contributed by atoms with Crippen LogP contribution in [0.2, 0.25) is 0 Å². The molecule has 0 saturated carbocycles. The largest absolute Gasteiger partial charge is 0.461 e. The summed E-state index contributed by atoms with van der Waals surface area (Å²) in [7, 11) is 0. The SMILES string of the molecule is CCOC(=O)c1nc(C)sc1-n1c(C)ccc1C. The van der Waals surface area contributed by atoms with Crippen molar-refractivity contribution in [2.45, 2.75) is 27.7 Å². The fraction of sp³-hybridized carbons (Fsp3) is 0.385. The van der Waals surface area contributed by atoms with Crippen molar-refractivity contribution in [3.8, 4) is 5.00 Å². The third-order valence-corrected chi connectivity index (χ3v) is 3.62. The Morgan fingerprint density at radius 2 is 1.94 bits per heavy atom. The van der Waals surface area contributed by atoms with Crippen LogP contribution in [0.5, 0.6) is 0 Å². The molecule has 0 N–H and O–H groups in total. The lowest BCUT2D eigenvalue weighted by Crippen LogP contribution is -2.10. The van der Waals surface area contributed by atoms with Crippen LogP contribution in [0.4, 0.5) is 0 Å². The highest BCUT2D eigenvalue weighted by atomic mass is 32.1. The summed E-state index contributed by atoms with van der Waals surface area (Å²) in [4.78, 5) is 16.2. The van der Waals surface area contributed by atoms with Crippen LogP contribution < -0.4 is 0 Å². The smallest absolute Gasteiger partial charge is 0.360 e. The number of carbonyl (C=O) groups is 1. The van der Waals surface area contributed by atoms with Gasteiger partial charge in [0.05, 0.1) is 11.6 Å². The van der Waals surface area contributed by atoms with Gasteiger partial charge in [0, 0.05) is 11.4 Å². The molecule has 0 aromatic carbocycles. The monoisotopic (exact) mass is 264 g/mol. The first-order valence-corrected chi connectivity index (χ1v) is 6.66. The number of rotatable bonds is 3. The van der Waals surface area contributed by atoms with Gasteiger partial charge in [-0.25, -0.2) is 9.78 Å². The Morgan fingerprint density at radius 3 is 2.50 bits per heavy atom. The van der Waals surface area contributed by atoms with Crippen molar-refractivity contribution in [2.75, 3.05) is 6.61 Å². The summed E-state index contributed by atoms with van der Waals surface area (Å²) in [5.41, 5.74) is 2.57. The van der Waals surface area contributed by atoms with Crippen molar-refractivity contribution in [1.29, 1.82) is 0 Å². The summed E-state index contributed by atoms with van der Waals surface area (Å²) in [6.45, 7) is 8.07. The molecule has 2 aromatic heterocycles. The Kier molecular flexibility index (Phi) is 3.52. The zero-order chi connectivity index (χ0) is 13.3. The lowest BCUT2D eigenvalue weighted by Gasteiger charge is -2.08. The molecule has 0 spiro atoms. The van der Waals surface area contributed by atoms with Crippen molar-refractivity contribution < 1.29 is 9.53 Å². The summed E-state index contributed by atoms with van der Waals surface area (Å²) in [5, 5.41) is 1.70.